The van der Waals surface area contributed by atoms with Gasteiger partial charge in [0.2, 0.25) is 0 Å². The van der Waals surface area contributed by atoms with Gasteiger partial charge in [0.1, 0.15) is 0 Å². The highest BCUT2D eigenvalue weighted by molar-refractivity contribution is 6.31. The molecule has 2 amide bonds. The Kier molecular flexibility index (Phi) is 4.41. The van der Waals surface area contributed by atoms with Crippen molar-refractivity contribution in [1.82, 2.24) is 10.6 Å². The van der Waals surface area contributed by atoms with Crippen molar-refractivity contribution < 1.29 is 24.4 Å². The Morgan fingerprint density at radius 3 is 2.65 bits per heavy atom. The van der Waals surface area contributed by atoms with Gasteiger partial charge < -0.3 is 20.5 Å². The topological polar surface area (TPSA) is 134 Å². The summed E-state index contributed by atoms with van der Waals surface area (Å²) in [6.45, 7) is 1.45. The van der Waals surface area contributed by atoms with Crippen LogP contribution in [0.15, 0.2) is 23.4 Å². The molecular formula is C13H11ClN3O6-. The van der Waals surface area contributed by atoms with E-state index in [0.717, 1.165) is 13.2 Å². The molecule has 122 valence electrons. The summed E-state index contributed by atoms with van der Waals surface area (Å²) in [5.41, 5.74) is -0.811. The number of nitro benzene ring substituents is 1. The molecule has 0 aliphatic carbocycles. The van der Waals surface area contributed by atoms with Gasteiger partial charge in [0, 0.05) is 16.8 Å². The van der Waals surface area contributed by atoms with Crippen LogP contribution in [0.4, 0.5) is 10.5 Å². The number of methoxy groups -OCH3 is 1. The van der Waals surface area contributed by atoms with E-state index in [0.29, 0.717) is 0 Å². The van der Waals surface area contributed by atoms with Crippen LogP contribution in [0.2, 0.25) is 5.02 Å². The lowest BCUT2D eigenvalue weighted by molar-refractivity contribution is -0.398. The molecule has 2 rings (SSSR count). The molecule has 1 aromatic carbocycles. The lowest BCUT2D eigenvalue weighted by Gasteiger charge is -2.30. The van der Waals surface area contributed by atoms with E-state index in [-0.39, 0.29) is 21.9 Å². The molecule has 0 radical (unpaired) electrons. The summed E-state index contributed by atoms with van der Waals surface area (Å²) in [5.74, 6) is -1.73. The SMILES string of the molecule is COC(=O)C1=C(C)NC(=O)N[C@H]1c1cc(Cl)cc([N+](=O)[O-])c1[O-]. The molecule has 0 bridgehead atoms. The van der Waals surface area contributed by atoms with E-state index < -0.39 is 34.4 Å². The minimum absolute atomic E-state index is 0.0410. The Labute approximate surface area is 135 Å². The van der Waals surface area contributed by atoms with Gasteiger partial charge in [-0.05, 0) is 24.3 Å². The van der Waals surface area contributed by atoms with Gasteiger partial charge in [-0.15, -0.1) is 0 Å². The molecule has 0 aromatic heterocycles. The number of esters is 1. The van der Waals surface area contributed by atoms with Crippen LogP contribution in [-0.2, 0) is 9.53 Å². The number of amides is 2. The number of halogens is 1. The number of rotatable bonds is 3. The van der Waals surface area contributed by atoms with Crippen LogP contribution < -0.4 is 15.7 Å². The Morgan fingerprint density at radius 1 is 1.43 bits per heavy atom. The molecule has 9 nitrogen and oxygen atoms in total. The quantitative estimate of drug-likeness (QED) is 0.481. The first-order valence-corrected chi connectivity index (χ1v) is 6.65. The standard InChI is InChI=1S/C13H12ClN3O6/c1-5-9(12(19)23-2)10(16-13(20)15-5)7-3-6(14)4-8(11(7)18)17(21)22/h3-4,10,18H,1-2H3,(H2,15,16,20)/p-1/t10-/m0/s1. The number of carbonyl (C=O) groups excluding carboxylic acids is 2. The molecule has 10 heteroatoms. The highest BCUT2D eigenvalue weighted by Gasteiger charge is 2.33. The van der Waals surface area contributed by atoms with E-state index in [4.69, 9.17) is 11.6 Å². The van der Waals surface area contributed by atoms with Gasteiger partial charge in [0.05, 0.1) is 23.6 Å². The number of hydrogen-bond acceptors (Lipinski definition) is 6. The maximum absolute atomic E-state index is 12.3. The van der Waals surface area contributed by atoms with E-state index in [2.05, 4.69) is 15.4 Å². The van der Waals surface area contributed by atoms with Gasteiger partial charge in [-0.1, -0.05) is 11.6 Å². The molecule has 1 atom stereocenters. The molecule has 2 N–H and O–H groups in total. The maximum Gasteiger partial charge on any atom is 0.337 e. The second kappa shape index (κ2) is 6.13. The van der Waals surface area contributed by atoms with Crippen molar-refractivity contribution >= 4 is 29.3 Å². The van der Waals surface area contributed by atoms with Crippen LogP contribution in [0.1, 0.15) is 18.5 Å². The number of nitrogens with one attached hydrogen (secondary N) is 2. The number of ether oxygens (including phenoxy) is 1. The molecule has 1 aliphatic heterocycles. The number of urea groups is 1. The number of benzene rings is 1. The second-order valence-corrected chi connectivity index (χ2v) is 5.10. The van der Waals surface area contributed by atoms with Crippen LogP contribution in [0, 0.1) is 10.1 Å². The molecule has 0 spiro atoms. The summed E-state index contributed by atoms with van der Waals surface area (Å²) < 4.78 is 4.64. The first-order valence-electron chi connectivity index (χ1n) is 6.27. The monoisotopic (exact) mass is 340 g/mol. The Morgan fingerprint density at radius 2 is 2.09 bits per heavy atom. The average Bonchev–Trinajstić information content (AvgIpc) is 2.47. The highest BCUT2D eigenvalue weighted by atomic mass is 35.5. The molecule has 1 aromatic rings. The second-order valence-electron chi connectivity index (χ2n) is 4.66. The van der Waals surface area contributed by atoms with Crippen molar-refractivity contribution in [2.24, 2.45) is 0 Å². The first kappa shape index (κ1) is 16.6. The van der Waals surface area contributed by atoms with Crippen LogP contribution in [-0.4, -0.2) is 24.0 Å². The number of nitro groups is 1. The maximum atomic E-state index is 12.3. The Bertz CT molecular complexity index is 745. The van der Waals surface area contributed by atoms with E-state index >= 15 is 0 Å². The molecular weight excluding hydrogens is 330 g/mol. The molecule has 23 heavy (non-hydrogen) atoms. The lowest BCUT2D eigenvalue weighted by atomic mass is 9.94. The first-order chi connectivity index (χ1) is 10.8. The summed E-state index contributed by atoms with van der Waals surface area (Å²) in [6, 6.07) is 0.205. The van der Waals surface area contributed by atoms with E-state index in [1.54, 1.807) is 0 Å². The van der Waals surface area contributed by atoms with Gasteiger partial charge in [0.15, 0.2) is 0 Å². The number of allylic oxidation sites excluding steroid dienone is 1. The Balaban J connectivity index is 2.67. The van der Waals surface area contributed by atoms with Crippen molar-refractivity contribution in [3.8, 4) is 5.75 Å². The van der Waals surface area contributed by atoms with Gasteiger partial charge >= 0.3 is 12.0 Å². The molecule has 1 aliphatic rings. The molecule has 0 saturated heterocycles. The van der Waals surface area contributed by atoms with Crippen molar-refractivity contribution in [2.45, 2.75) is 13.0 Å². The van der Waals surface area contributed by atoms with Gasteiger partial charge in [-0.25, -0.2) is 9.59 Å². The third-order valence-corrected chi connectivity index (χ3v) is 3.46. The zero-order valence-corrected chi connectivity index (χ0v) is 12.8. The van der Waals surface area contributed by atoms with Crippen molar-refractivity contribution in [3.05, 3.63) is 44.1 Å². The normalized spacial score (nSPS) is 17.3. The zero-order chi connectivity index (χ0) is 17.3. The summed E-state index contributed by atoms with van der Waals surface area (Å²) in [5, 5.41) is 27.9. The van der Waals surface area contributed by atoms with Crippen molar-refractivity contribution in [2.75, 3.05) is 7.11 Å². The van der Waals surface area contributed by atoms with Crippen LogP contribution in [0.25, 0.3) is 0 Å². The fourth-order valence-corrected chi connectivity index (χ4v) is 2.48. The Hall–Kier alpha value is -2.81. The van der Waals surface area contributed by atoms with Gasteiger partial charge in [0.25, 0.3) is 5.69 Å². The summed E-state index contributed by atoms with van der Waals surface area (Å²) in [6.07, 6.45) is 0. The van der Waals surface area contributed by atoms with Crippen molar-refractivity contribution in [3.63, 3.8) is 0 Å². The van der Waals surface area contributed by atoms with Crippen LogP contribution >= 0.6 is 11.6 Å². The summed E-state index contributed by atoms with van der Waals surface area (Å²) in [7, 11) is 1.13. The average molecular weight is 341 g/mol. The van der Waals surface area contributed by atoms with E-state index in [9.17, 15) is 24.8 Å². The third kappa shape index (κ3) is 3.04. The largest absolute Gasteiger partial charge is 0.868 e. The summed E-state index contributed by atoms with van der Waals surface area (Å²) >= 11 is 5.82. The smallest absolute Gasteiger partial charge is 0.337 e. The third-order valence-electron chi connectivity index (χ3n) is 3.24. The number of carbonyl (C=O) groups is 2. The minimum Gasteiger partial charge on any atom is -0.868 e. The van der Waals surface area contributed by atoms with Crippen molar-refractivity contribution in [1.29, 1.82) is 0 Å². The fourth-order valence-electron chi connectivity index (χ4n) is 2.26. The predicted molar refractivity (Wildman–Crippen MR) is 76.7 cm³/mol. The van der Waals surface area contributed by atoms with Gasteiger partial charge in [-0.3, -0.25) is 10.1 Å². The van der Waals surface area contributed by atoms with E-state index in [1.165, 1.54) is 13.0 Å². The predicted octanol–water partition coefficient (Wildman–Crippen LogP) is 1.12. The van der Waals surface area contributed by atoms with Crippen LogP contribution in [0.5, 0.6) is 5.75 Å². The highest BCUT2D eigenvalue weighted by Crippen LogP contribution is 2.38. The zero-order valence-electron chi connectivity index (χ0n) is 12.0. The number of hydrogen-bond donors (Lipinski definition) is 2. The molecule has 0 fully saturated rings. The van der Waals surface area contributed by atoms with Crippen LogP contribution in [0.3, 0.4) is 0 Å². The fraction of sp³-hybridized carbons (Fsp3) is 0.231. The lowest BCUT2D eigenvalue weighted by Crippen LogP contribution is -2.45. The molecule has 1 heterocycles. The van der Waals surface area contributed by atoms with E-state index in [1.807, 2.05) is 0 Å². The number of nitrogens with zero attached hydrogens (tertiary/aromatic N) is 1. The minimum atomic E-state index is -1.21. The molecule has 0 unspecified atom stereocenters. The molecule has 0 saturated carbocycles. The summed E-state index contributed by atoms with van der Waals surface area (Å²) in [4.78, 5) is 33.7. The van der Waals surface area contributed by atoms with Gasteiger partial charge in [-0.2, -0.15) is 0 Å².